The lowest BCUT2D eigenvalue weighted by Crippen LogP contribution is -2.26. The molecule has 0 unspecified atom stereocenters. The second-order valence-corrected chi connectivity index (χ2v) is 10.4. The first-order valence-electron chi connectivity index (χ1n) is 13.2. The molecule has 8 heteroatoms. The molecular weight excluding hydrogens is 492 g/mol. The number of hydrogen-bond donors (Lipinski definition) is 0. The van der Waals surface area contributed by atoms with Crippen LogP contribution in [0, 0.1) is 18.3 Å². The van der Waals surface area contributed by atoms with Crippen molar-refractivity contribution in [1.29, 1.82) is 5.26 Å². The summed E-state index contributed by atoms with van der Waals surface area (Å²) in [5.41, 5.74) is 6.57. The Bertz CT molecular complexity index is 1580. The van der Waals surface area contributed by atoms with E-state index in [4.69, 9.17) is 13.9 Å². The third-order valence-corrected chi connectivity index (χ3v) is 7.01. The van der Waals surface area contributed by atoms with E-state index in [0.717, 1.165) is 35.1 Å². The molecule has 0 N–H and O–H groups in total. The molecule has 8 nitrogen and oxygen atoms in total. The number of aryl methyl sites for hydroxylation is 1. The Hall–Kier alpha value is -4.22. The molecule has 1 fully saturated rings. The number of nitrogens with zero attached hydrogens (tertiary/aromatic N) is 4. The molecule has 39 heavy (non-hydrogen) atoms. The average molecular weight is 525 g/mol. The number of ether oxygens (including phenoxy) is 2. The van der Waals surface area contributed by atoms with Crippen LogP contribution in [0.2, 0.25) is 0 Å². The minimum atomic E-state index is -0.107. The van der Waals surface area contributed by atoms with Gasteiger partial charge in [0.1, 0.15) is 29.1 Å². The third kappa shape index (κ3) is 5.23. The second kappa shape index (κ2) is 10.9. The Balaban J connectivity index is 1.58. The van der Waals surface area contributed by atoms with Gasteiger partial charge < -0.3 is 18.8 Å². The number of carbonyl (C=O) groups is 1. The molecular formula is C31H32N4O4. The zero-order valence-corrected chi connectivity index (χ0v) is 22.9. The Morgan fingerprint density at radius 2 is 1.90 bits per heavy atom. The van der Waals surface area contributed by atoms with E-state index in [2.05, 4.69) is 29.9 Å². The lowest BCUT2D eigenvalue weighted by Gasteiger charge is -2.24. The van der Waals surface area contributed by atoms with Crippen molar-refractivity contribution >= 4 is 17.0 Å². The monoisotopic (exact) mass is 524 g/mol. The highest BCUT2D eigenvalue weighted by Crippen LogP contribution is 2.40. The van der Waals surface area contributed by atoms with Gasteiger partial charge in [0.05, 0.1) is 24.3 Å². The molecule has 1 aliphatic heterocycles. The molecule has 0 radical (unpaired) electrons. The summed E-state index contributed by atoms with van der Waals surface area (Å²) in [6.07, 6.45) is 5.10. The predicted molar refractivity (Wildman–Crippen MR) is 149 cm³/mol. The number of fused-ring (bicyclic) bond motifs is 1. The molecule has 1 aliphatic rings. The van der Waals surface area contributed by atoms with E-state index in [9.17, 15) is 10.1 Å². The smallest absolute Gasteiger partial charge is 0.254 e. The minimum Gasteiger partial charge on any atom is -0.489 e. The quantitative estimate of drug-likeness (QED) is 0.299. The van der Waals surface area contributed by atoms with Gasteiger partial charge in [-0.3, -0.25) is 14.8 Å². The Labute approximate surface area is 228 Å². The maximum Gasteiger partial charge on any atom is 0.254 e. The summed E-state index contributed by atoms with van der Waals surface area (Å²) >= 11 is 0. The largest absolute Gasteiger partial charge is 0.489 e. The Morgan fingerprint density at radius 3 is 2.56 bits per heavy atom. The van der Waals surface area contributed by atoms with Crippen LogP contribution in [0.5, 0.6) is 5.75 Å². The molecule has 5 rings (SSSR count). The average Bonchev–Trinajstić information content (AvgIpc) is 3.36. The topological polar surface area (TPSA) is 101 Å². The van der Waals surface area contributed by atoms with E-state index in [1.54, 1.807) is 20.3 Å². The Morgan fingerprint density at radius 1 is 1.13 bits per heavy atom. The van der Waals surface area contributed by atoms with Crippen molar-refractivity contribution in [3.05, 3.63) is 65.0 Å². The van der Waals surface area contributed by atoms with Gasteiger partial charge in [-0.2, -0.15) is 5.26 Å². The maximum absolute atomic E-state index is 12.4. The molecule has 0 atom stereocenters. The van der Waals surface area contributed by atoms with Gasteiger partial charge in [-0.05, 0) is 47.7 Å². The molecule has 1 amide bonds. The van der Waals surface area contributed by atoms with Crippen molar-refractivity contribution in [2.24, 2.45) is 0 Å². The highest BCUT2D eigenvalue weighted by Gasteiger charge is 2.22. The van der Waals surface area contributed by atoms with Crippen LogP contribution < -0.4 is 4.74 Å². The highest BCUT2D eigenvalue weighted by molar-refractivity contribution is 5.96. The number of carbonyl (C=O) groups excluding carboxylic acids is 1. The molecule has 200 valence electrons. The van der Waals surface area contributed by atoms with Gasteiger partial charge >= 0.3 is 0 Å². The number of hydrogen-bond acceptors (Lipinski definition) is 7. The maximum atomic E-state index is 12.4. The van der Waals surface area contributed by atoms with E-state index in [-0.39, 0.29) is 17.9 Å². The van der Waals surface area contributed by atoms with Crippen molar-refractivity contribution in [3.63, 3.8) is 0 Å². The molecule has 1 aromatic carbocycles. The zero-order chi connectivity index (χ0) is 27.7. The van der Waals surface area contributed by atoms with Crippen LogP contribution in [0.15, 0.2) is 47.1 Å². The van der Waals surface area contributed by atoms with Crippen molar-refractivity contribution in [2.75, 3.05) is 27.3 Å². The number of rotatable bonds is 6. The summed E-state index contributed by atoms with van der Waals surface area (Å²) in [6, 6.07) is 11.7. The molecule has 1 saturated heterocycles. The SMILES string of the molecule is Cc1cc(C(=O)N(C)C)cnc1-c1cc2ncc(C(C)C)c(-c3ccc(OC4CCOCC4)c(C#N)c3)c2o1. The molecule has 0 bridgehead atoms. The summed E-state index contributed by atoms with van der Waals surface area (Å²) in [5.74, 6) is 1.22. The standard InChI is InChI=1S/C31H32N4O4/c1-18(2)24-17-33-25-14-27(29-19(3)12-22(16-34-29)31(36)35(4)5)39-30(25)28(24)20-6-7-26(21(13-20)15-32)38-23-8-10-37-11-9-23/h6-7,12-14,16-18,23H,8-11H2,1-5H3. The van der Waals surface area contributed by atoms with Gasteiger partial charge in [-0.25, -0.2) is 0 Å². The number of benzene rings is 1. The van der Waals surface area contributed by atoms with Crippen LogP contribution in [0.1, 0.15) is 59.7 Å². The lowest BCUT2D eigenvalue weighted by atomic mass is 9.92. The van der Waals surface area contributed by atoms with Gasteiger partial charge in [0.25, 0.3) is 5.91 Å². The van der Waals surface area contributed by atoms with Crippen molar-refractivity contribution in [3.8, 4) is 34.4 Å². The van der Waals surface area contributed by atoms with Gasteiger partial charge in [0.15, 0.2) is 11.3 Å². The summed E-state index contributed by atoms with van der Waals surface area (Å²) < 4.78 is 18.0. The number of nitriles is 1. The van der Waals surface area contributed by atoms with Gasteiger partial charge in [0, 0.05) is 51.0 Å². The highest BCUT2D eigenvalue weighted by atomic mass is 16.5. The summed E-state index contributed by atoms with van der Waals surface area (Å²) in [6.45, 7) is 7.46. The molecule has 4 aromatic rings. The lowest BCUT2D eigenvalue weighted by molar-refractivity contribution is 0.0254. The first-order chi connectivity index (χ1) is 18.8. The molecule has 0 aliphatic carbocycles. The van der Waals surface area contributed by atoms with Gasteiger partial charge in [-0.1, -0.05) is 19.9 Å². The fourth-order valence-corrected chi connectivity index (χ4v) is 4.90. The molecule has 3 aromatic heterocycles. The van der Waals surface area contributed by atoms with E-state index < -0.39 is 0 Å². The minimum absolute atomic E-state index is 0.0401. The molecule has 0 saturated carbocycles. The van der Waals surface area contributed by atoms with Crippen LogP contribution >= 0.6 is 0 Å². The van der Waals surface area contributed by atoms with E-state index >= 15 is 0 Å². The van der Waals surface area contributed by atoms with Crippen LogP contribution in [0.3, 0.4) is 0 Å². The van der Waals surface area contributed by atoms with Crippen LogP contribution in [-0.2, 0) is 4.74 Å². The number of furan rings is 1. The summed E-state index contributed by atoms with van der Waals surface area (Å²) in [4.78, 5) is 23.2. The number of amides is 1. The molecule has 0 spiro atoms. The normalized spacial score (nSPS) is 14.0. The molecule has 4 heterocycles. The third-order valence-electron chi connectivity index (χ3n) is 7.01. The number of pyridine rings is 2. The van der Waals surface area contributed by atoms with Gasteiger partial charge in [-0.15, -0.1) is 0 Å². The fourth-order valence-electron chi connectivity index (χ4n) is 4.90. The van der Waals surface area contributed by atoms with Crippen molar-refractivity contribution in [1.82, 2.24) is 14.9 Å². The number of aromatic nitrogens is 2. The fraction of sp³-hybridized carbons (Fsp3) is 0.355. The van der Waals surface area contributed by atoms with E-state index in [1.807, 2.05) is 43.5 Å². The first kappa shape index (κ1) is 26.4. The Kier molecular flexibility index (Phi) is 7.36. The van der Waals surface area contributed by atoms with Gasteiger partial charge in [0.2, 0.25) is 0 Å². The van der Waals surface area contributed by atoms with Crippen molar-refractivity contribution in [2.45, 2.75) is 45.6 Å². The van der Waals surface area contributed by atoms with E-state index in [0.29, 0.717) is 52.6 Å². The van der Waals surface area contributed by atoms with Crippen LogP contribution in [-0.4, -0.2) is 54.2 Å². The van der Waals surface area contributed by atoms with Crippen LogP contribution in [0.25, 0.3) is 33.7 Å². The van der Waals surface area contributed by atoms with E-state index in [1.165, 1.54) is 4.90 Å². The predicted octanol–water partition coefficient (Wildman–Crippen LogP) is 6.12. The summed E-state index contributed by atoms with van der Waals surface area (Å²) in [7, 11) is 3.43. The summed E-state index contributed by atoms with van der Waals surface area (Å²) in [5, 5.41) is 9.96. The second-order valence-electron chi connectivity index (χ2n) is 10.4. The zero-order valence-electron chi connectivity index (χ0n) is 22.9. The first-order valence-corrected chi connectivity index (χ1v) is 13.2. The van der Waals surface area contributed by atoms with Crippen LogP contribution in [0.4, 0.5) is 0 Å². The van der Waals surface area contributed by atoms with Crippen molar-refractivity contribution < 1.29 is 18.7 Å².